The molecular formula is C20H23N5OS. The van der Waals surface area contributed by atoms with Gasteiger partial charge in [0.2, 0.25) is 0 Å². The fourth-order valence-corrected chi connectivity index (χ4v) is 4.77. The Hall–Kier alpha value is -2.51. The Bertz CT molecular complexity index is 999. The Labute approximate surface area is 162 Å². The number of thiophene rings is 1. The molecule has 1 saturated heterocycles. The molecule has 1 amide bonds. The third kappa shape index (κ3) is 3.40. The van der Waals surface area contributed by atoms with Gasteiger partial charge in [0.15, 0.2) is 0 Å². The number of nitrogens with zero attached hydrogens (tertiary/aromatic N) is 3. The van der Waals surface area contributed by atoms with Gasteiger partial charge in [0.05, 0.1) is 23.1 Å². The van der Waals surface area contributed by atoms with Gasteiger partial charge in [-0.25, -0.2) is 4.98 Å². The molecular weight excluding hydrogens is 358 g/mol. The molecule has 1 unspecified atom stereocenters. The number of carbonyl (C=O) groups excluding carboxylic acids is 1. The van der Waals surface area contributed by atoms with Gasteiger partial charge in [-0.1, -0.05) is 6.07 Å². The lowest BCUT2D eigenvalue weighted by Gasteiger charge is -2.23. The predicted molar refractivity (Wildman–Crippen MR) is 109 cm³/mol. The predicted octanol–water partition coefficient (Wildman–Crippen LogP) is 3.28. The Kier molecular flexibility index (Phi) is 4.80. The van der Waals surface area contributed by atoms with E-state index in [0.717, 1.165) is 53.2 Å². The number of aryl methyl sites for hydroxylation is 1. The lowest BCUT2D eigenvalue weighted by atomic mass is 10.1. The minimum atomic E-state index is -0.162. The largest absolute Gasteiger partial charge is 0.397 e. The second-order valence-corrected chi connectivity index (χ2v) is 7.91. The number of nitrogens with one attached hydrogen (secondary N) is 1. The first-order chi connectivity index (χ1) is 13.1. The number of anilines is 1. The van der Waals surface area contributed by atoms with Crippen LogP contribution in [0.4, 0.5) is 5.69 Å². The molecule has 6 nitrogen and oxygen atoms in total. The molecule has 140 valence electrons. The third-order valence-electron chi connectivity index (χ3n) is 5.06. The average molecular weight is 382 g/mol. The van der Waals surface area contributed by atoms with Gasteiger partial charge in [0, 0.05) is 24.7 Å². The van der Waals surface area contributed by atoms with Gasteiger partial charge in [-0.3, -0.25) is 14.7 Å². The molecule has 1 aliphatic heterocycles. The first kappa shape index (κ1) is 17.9. The topological polar surface area (TPSA) is 84.1 Å². The normalized spacial score (nSPS) is 17.5. The molecule has 0 radical (unpaired) electrons. The van der Waals surface area contributed by atoms with Gasteiger partial charge in [-0.2, -0.15) is 0 Å². The first-order valence-corrected chi connectivity index (χ1v) is 9.96. The summed E-state index contributed by atoms with van der Waals surface area (Å²) in [6, 6.07) is 10.5. The van der Waals surface area contributed by atoms with E-state index in [-0.39, 0.29) is 11.9 Å². The van der Waals surface area contributed by atoms with Crippen molar-refractivity contribution in [2.24, 2.45) is 0 Å². The van der Waals surface area contributed by atoms with Crippen molar-refractivity contribution in [3.8, 4) is 0 Å². The van der Waals surface area contributed by atoms with Crippen LogP contribution in [0.5, 0.6) is 0 Å². The van der Waals surface area contributed by atoms with Crippen LogP contribution in [0.1, 0.15) is 45.6 Å². The molecule has 0 saturated carbocycles. The van der Waals surface area contributed by atoms with Crippen molar-refractivity contribution >= 4 is 33.1 Å². The number of hydrogen-bond donors (Lipinski definition) is 2. The number of nitrogen functional groups attached to an aromatic ring is 1. The zero-order valence-electron chi connectivity index (χ0n) is 15.5. The molecule has 3 N–H and O–H groups in total. The fraction of sp³-hybridized carbons (Fsp3) is 0.350. The SMILES string of the molecule is CNC(=O)c1sc2nc(C3CCCN3Cc3cccc(C)n3)ccc2c1N. The zero-order valence-corrected chi connectivity index (χ0v) is 16.3. The highest BCUT2D eigenvalue weighted by molar-refractivity contribution is 7.21. The highest BCUT2D eigenvalue weighted by Crippen LogP contribution is 2.37. The highest BCUT2D eigenvalue weighted by atomic mass is 32.1. The molecule has 7 heteroatoms. The van der Waals surface area contributed by atoms with Gasteiger partial charge >= 0.3 is 0 Å². The molecule has 4 rings (SSSR count). The maximum absolute atomic E-state index is 12.0. The third-order valence-corrected chi connectivity index (χ3v) is 6.18. The van der Waals surface area contributed by atoms with Crippen LogP contribution < -0.4 is 11.1 Å². The molecule has 0 aromatic carbocycles. The smallest absolute Gasteiger partial charge is 0.263 e. The van der Waals surface area contributed by atoms with E-state index in [4.69, 9.17) is 10.7 Å². The maximum Gasteiger partial charge on any atom is 0.263 e. The number of nitrogens with two attached hydrogens (primary N) is 1. The molecule has 0 spiro atoms. The summed E-state index contributed by atoms with van der Waals surface area (Å²) in [5.41, 5.74) is 9.84. The van der Waals surface area contributed by atoms with Crippen molar-refractivity contribution in [2.45, 2.75) is 32.4 Å². The van der Waals surface area contributed by atoms with E-state index in [0.29, 0.717) is 10.6 Å². The van der Waals surface area contributed by atoms with Crippen molar-refractivity contribution in [3.05, 3.63) is 52.3 Å². The number of likely N-dealkylation sites (tertiary alicyclic amines) is 1. The quantitative estimate of drug-likeness (QED) is 0.724. The second-order valence-electron chi connectivity index (χ2n) is 6.91. The van der Waals surface area contributed by atoms with Crippen molar-refractivity contribution < 1.29 is 4.79 Å². The van der Waals surface area contributed by atoms with E-state index >= 15 is 0 Å². The van der Waals surface area contributed by atoms with Crippen LogP contribution >= 0.6 is 11.3 Å². The maximum atomic E-state index is 12.0. The summed E-state index contributed by atoms with van der Waals surface area (Å²) in [5, 5.41) is 3.49. The number of rotatable bonds is 4. The van der Waals surface area contributed by atoms with E-state index in [2.05, 4.69) is 27.3 Å². The standard InChI is InChI=1S/C20H23N5OS/c1-12-5-3-6-13(23-12)11-25-10-4-7-16(25)15-9-8-14-17(21)18(19(26)22-2)27-20(14)24-15/h3,5-6,8-9,16H,4,7,10-11,21H2,1-2H3,(H,22,26). The molecule has 27 heavy (non-hydrogen) atoms. The van der Waals surface area contributed by atoms with Gasteiger partial charge in [-0.05, 0) is 50.6 Å². The van der Waals surface area contributed by atoms with Crippen molar-refractivity contribution in [1.29, 1.82) is 0 Å². The van der Waals surface area contributed by atoms with Crippen molar-refractivity contribution in [2.75, 3.05) is 19.3 Å². The van der Waals surface area contributed by atoms with Crippen LogP contribution in [0, 0.1) is 6.92 Å². The zero-order chi connectivity index (χ0) is 19.0. The Morgan fingerprint density at radius 2 is 2.19 bits per heavy atom. The van der Waals surface area contributed by atoms with E-state index in [1.54, 1.807) is 7.05 Å². The number of hydrogen-bond acceptors (Lipinski definition) is 6. The summed E-state index contributed by atoms with van der Waals surface area (Å²) in [5.74, 6) is -0.162. The highest BCUT2D eigenvalue weighted by Gasteiger charge is 2.28. The number of pyridine rings is 2. The lowest BCUT2D eigenvalue weighted by molar-refractivity contribution is 0.0968. The van der Waals surface area contributed by atoms with E-state index < -0.39 is 0 Å². The summed E-state index contributed by atoms with van der Waals surface area (Å²) in [4.78, 5) is 25.3. The summed E-state index contributed by atoms with van der Waals surface area (Å²) >= 11 is 1.36. The summed E-state index contributed by atoms with van der Waals surface area (Å²) in [6.45, 7) is 3.88. The molecule has 0 aliphatic carbocycles. The lowest BCUT2D eigenvalue weighted by Crippen LogP contribution is -2.24. The number of carbonyl (C=O) groups is 1. The van der Waals surface area contributed by atoms with Crippen LogP contribution in [0.2, 0.25) is 0 Å². The molecule has 4 heterocycles. The number of aromatic nitrogens is 2. The molecule has 3 aromatic rings. The summed E-state index contributed by atoms with van der Waals surface area (Å²) in [6.07, 6.45) is 2.22. The number of amides is 1. The Morgan fingerprint density at radius 1 is 1.33 bits per heavy atom. The molecule has 1 fully saturated rings. The van der Waals surface area contributed by atoms with Crippen LogP contribution in [0.25, 0.3) is 10.2 Å². The van der Waals surface area contributed by atoms with Gasteiger partial charge in [0.25, 0.3) is 5.91 Å². The van der Waals surface area contributed by atoms with E-state index in [1.165, 1.54) is 11.3 Å². The summed E-state index contributed by atoms with van der Waals surface area (Å²) < 4.78 is 0. The minimum absolute atomic E-state index is 0.162. The average Bonchev–Trinajstić information content (AvgIpc) is 3.25. The number of fused-ring (bicyclic) bond motifs is 1. The van der Waals surface area contributed by atoms with Gasteiger partial charge in [-0.15, -0.1) is 11.3 Å². The second kappa shape index (κ2) is 7.25. The van der Waals surface area contributed by atoms with Gasteiger partial charge in [0.1, 0.15) is 9.71 Å². The van der Waals surface area contributed by atoms with Crippen LogP contribution in [-0.4, -0.2) is 34.4 Å². The minimum Gasteiger partial charge on any atom is -0.397 e. The van der Waals surface area contributed by atoms with Crippen LogP contribution in [-0.2, 0) is 6.54 Å². The molecule has 0 bridgehead atoms. The fourth-order valence-electron chi connectivity index (χ4n) is 3.73. The monoisotopic (exact) mass is 381 g/mol. The molecule has 1 aliphatic rings. The molecule has 3 aromatic heterocycles. The summed E-state index contributed by atoms with van der Waals surface area (Å²) in [7, 11) is 1.61. The van der Waals surface area contributed by atoms with Crippen LogP contribution in [0.3, 0.4) is 0 Å². The Balaban J connectivity index is 1.63. The van der Waals surface area contributed by atoms with Crippen molar-refractivity contribution in [1.82, 2.24) is 20.2 Å². The Morgan fingerprint density at radius 3 is 2.96 bits per heavy atom. The van der Waals surface area contributed by atoms with E-state index in [9.17, 15) is 4.79 Å². The first-order valence-electron chi connectivity index (χ1n) is 9.14. The van der Waals surface area contributed by atoms with Crippen molar-refractivity contribution in [3.63, 3.8) is 0 Å². The van der Waals surface area contributed by atoms with Gasteiger partial charge < -0.3 is 11.1 Å². The molecule has 1 atom stereocenters. The van der Waals surface area contributed by atoms with E-state index in [1.807, 2.05) is 25.1 Å². The van der Waals surface area contributed by atoms with Crippen LogP contribution in [0.15, 0.2) is 30.3 Å².